The highest BCUT2D eigenvalue weighted by Gasteiger charge is 2.14. The molecule has 2 aromatic rings. The SMILES string of the molecule is Cc1cc(C[C@H](C)NC(=O)Nc2ccc(C)c(C(=O)N(C)C)c2)n[nH]1. The van der Waals surface area contributed by atoms with E-state index in [-0.39, 0.29) is 18.0 Å². The highest BCUT2D eigenvalue weighted by atomic mass is 16.2. The first-order valence-corrected chi connectivity index (χ1v) is 8.17. The summed E-state index contributed by atoms with van der Waals surface area (Å²) in [4.78, 5) is 25.9. The third kappa shape index (κ3) is 5.07. The summed E-state index contributed by atoms with van der Waals surface area (Å²) < 4.78 is 0. The minimum Gasteiger partial charge on any atom is -0.345 e. The number of nitrogens with zero attached hydrogens (tertiary/aromatic N) is 2. The largest absolute Gasteiger partial charge is 0.345 e. The van der Waals surface area contributed by atoms with Gasteiger partial charge in [-0.1, -0.05) is 6.07 Å². The van der Waals surface area contributed by atoms with Crippen molar-refractivity contribution in [3.63, 3.8) is 0 Å². The Morgan fingerprint density at radius 2 is 1.96 bits per heavy atom. The van der Waals surface area contributed by atoms with E-state index in [1.165, 1.54) is 4.90 Å². The van der Waals surface area contributed by atoms with Crippen molar-refractivity contribution in [2.24, 2.45) is 0 Å². The fraction of sp³-hybridized carbons (Fsp3) is 0.389. The molecule has 0 fully saturated rings. The number of hydrogen-bond donors (Lipinski definition) is 3. The maximum absolute atomic E-state index is 12.2. The molecular formula is C18H25N5O2. The van der Waals surface area contributed by atoms with Crippen molar-refractivity contribution in [2.75, 3.05) is 19.4 Å². The van der Waals surface area contributed by atoms with E-state index in [1.54, 1.807) is 26.2 Å². The van der Waals surface area contributed by atoms with E-state index in [9.17, 15) is 9.59 Å². The van der Waals surface area contributed by atoms with Crippen molar-refractivity contribution < 1.29 is 9.59 Å². The number of aryl methyl sites for hydroxylation is 2. The molecule has 1 aromatic heterocycles. The summed E-state index contributed by atoms with van der Waals surface area (Å²) in [7, 11) is 3.40. The molecular weight excluding hydrogens is 318 g/mol. The van der Waals surface area contributed by atoms with Crippen molar-refractivity contribution in [2.45, 2.75) is 33.2 Å². The van der Waals surface area contributed by atoms with Gasteiger partial charge in [-0.15, -0.1) is 0 Å². The number of carbonyl (C=O) groups excluding carboxylic acids is 2. The summed E-state index contributed by atoms with van der Waals surface area (Å²) in [5.41, 5.74) is 3.91. The predicted molar refractivity (Wildman–Crippen MR) is 97.8 cm³/mol. The molecule has 0 aliphatic heterocycles. The zero-order valence-electron chi connectivity index (χ0n) is 15.3. The van der Waals surface area contributed by atoms with Crippen LogP contribution in [0.15, 0.2) is 24.3 Å². The number of H-pyrrole nitrogens is 1. The smallest absolute Gasteiger partial charge is 0.319 e. The summed E-state index contributed by atoms with van der Waals surface area (Å²) in [5.74, 6) is -0.0937. The lowest BCUT2D eigenvalue weighted by molar-refractivity contribution is 0.0827. The fourth-order valence-corrected chi connectivity index (χ4v) is 2.51. The molecule has 0 radical (unpaired) electrons. The lowest BCUT2D eigenvalue weighted by Gasteiger charge is -2.16. The molecule has 0 aliphatic rings. The third-order valence-electron chi connectivity index (χ3n) is 3.78. The molecule has 0 spiro atoms. The third-order valence-corrected chi connectivity index (χ3v) is 3.78. The normalized spacial score (nSPS) is 11.7. The Kier molecular flexibility index (Phi) is 5.80. The van der Waals surface area contributed by atoms with E-state index in [2.05, 4.69) is 20.8 Å². The van der Waals surface area contributed by atoms with Gasteiger partial charge in [-0.25, -0.2) is 4.79 Å². The van der Waals surface area contributed by atoms with Crippen LogP contribution < -0.4 is 10.6 Å². The number of nitrogens with one attached hydrogen (secondary N) is 3. The van der Waals surface area contributed by atoms with Crippen LogP contribution in [0.25, 0.3) is 0 Å². The number of carbonyl (C=O) groups is 2. The number of amides is 3. The number of anilines is 1. The average molecular weight is 343 g/mol. The van der Waals surface area contributed by atoms with Gasteiger partial charge in [0.1, 0.15) is 0 Å². The molecule has 25 heavy (non-hydrogen) atoms. The summed E-state index contributed by atoms with van der Waals surface area (Å²) in [6.07, 6.45) is 0.635. The highest BCUT2D eigenvalue weighted by Crippen LogP contribution is 2.16. The van der Waals surface area contributed by atoms with E-state index in [0.717, 1.165) is 17.0 Å². The van der Waals surface area contributed by atoms with E-state index in [4.69, 9.17) is 0 Å². The van der Waals surface area contributed by atoms with Gasteiger partial charge in [0.15, 0.2) is 0 Å². The summed E-state index contributed by atoms with van der Waals surface area (Å²) in [5, 5.41) is 12.7. The summed E-state index contributed by atoms with van der Waals surface area (Å²) >= 11 is 0. The Morgan fingerprint density at radius 3 is 2.56 bits per heavy atom. The van der Waals surface area contributed by atoms with Gasteiger partial charge in [-0.05, 0) is 44.5 Å². The molecule has 1 aromatic carbocycles. The van der Waals surface area contributed by atoms with E-state index in [0.29, 0.717) is 17.7 Å². The number of hydrogen-bond acceptors (Lipinski definition) is 3. The number of aromatic amines is 1. The van der Waals surface area contributed by atoms with E-state index >= 15 is 0 Å². The fourth-order valence-electron chi connectivity index (χ4n) is 2.51. The molecule has 0 aliphatic carbocycles. The van der Waals surface area contributed by atoms with Crippen molar-refractivity contribution >= 4 is 17.6 Å². The van der Waals surface area contributed by atoms with E-state index in [1.807, 2.05) is 32.9 Å². The molecule has 0 bridgehead atoms. The van der Waals surface area contributed by atoms with Crippen molar-refractivity contribution in [1.29, 1.82) is 0 Å². The van der Waals surface area contributed by atoms with Gasteiger partial charge < -0.3 is 15.5 Å². The van der Waals surface area contributed by atoms with Gasteiger partial charge in [0.05, 0.1) is 5.69 Å². The first-order valence-electron chi connectivity index (χ1n) is 8.17. The average Bonchev–Trinajstić information content (AvgIpc) is 2.93. The first kappa shape index (κ1) is 18.5. The van der Waals surface area contributed by atoms with Gasteiger partial charge in [-0.3, -0.25) is 9.89 Å². The number of aromatic nitrogens is 2. The molecule has 7 heteroatoms. The molecule has 0 saturated carbocycles. The molecule has 1 heterocycles. The van der Waals surface area contributed by atoms with Crippen LogP contribution >= 0.6 is 0 Å². The zero-order valence-corrected chi connectivity index (χ0v) is 15.3. The molecule has 1 atom stereocenters. The summed E-state index contributed by atoms with van der Waals surface area (Å²) in [6.45, 7) is 5.72. The van der Waals surface area contributed by atoms with Crippen molar-refractivity contribution in [3.05, 3.63) is 46.8 Å². The van der Waals surface area contributed by atoms with Gasteiger partial charge in [-0.2, -0.15) is 5.10 Å². The minimum atomic E-state index is -0.313. The molecule has 7 nitrogen and oxygen atoms in total. The van der Waals surface area contributed by atoms with Crippen LogP contribution in [0.3, 0.4) is 0 Å². The maximum atomic E-state index is 12.2. The quantitative estimate of drug-likeness (QED) is 0.779. The number of benzene rings is 1. The zero-order chi connectivity index (χ0) is 18.6. The molecule has 2 rings (SSSR count). The lowest BCUT2D eigenvalue weighted by atomic mass is 10.1. The second-order valence-electron chi connectivity index (χ2n) is 6.48. The second-order valence-corrected chi connectivity index (χ2v) is 6.48. The molecule has 3 N–H and O–H groups in total. The van der Waals surface area contributed by atoms with Crippen LogP contribution in [-0.2, 0) is 6.42 Å². The molecule has 0 saturated heterocycles. The van der Waals surface area contributed by atoms with Gasteiger partial charge in [0.25, 0.3) is 5.91 Å². The monoisotopic (exact) mass is 343 g/mol. The second kappa shape index (κ2) is 7.83. The van der Waals surface area contributed by atoms with Crippen LogP contribution in [0.1, 0.15) is 34.2 Å². The van der Waals surface area contributed by atoms with Gasteiger partial charge >= 0.3 is 6.03 Å². The highest BCUT2D eigenvalue weighted by molar-refractivity contribution is 5.97. The Morgan fingerprint density at radius 1 is 1.24 bits per heavy atom. The molecule has 3 amide bonds. The predicted octanol–water partition coefficient (Wildman–Crippen LogP) is 2.48. The number of urea groups is 1. The van der Waals surface area contributed by atoms with E-state index < -0.39 is 0 Å². The molecule has 134 valence electrons. The first-order chi connectivity index (χ1) is 11.8. The number of rotatable bonds is 5. The Labute approximate surface area is 147 Å². The van der Waals surface area contributed by atoms with Gasteiger partial charge in [0.2, 0.25) is 0 Å². The topological polar surface area (TPSA) is 90.1 Å². The van der Waals surface area contributed by atoms with Crippen LogP contribution in [0.5, 0.6) is 0 Å². The maximum Gasteiger partial charge on any atom is 0.319 e. The lowest BCUT2D eigenvalue weighted by Crippen LogP contribution is -2.37. The Hall–Kier alpha value is -2.83. The van der Waals surface area contributed by atoms with Crippen LogP contribution in [0, 0.1) is 13.8 Å². The minimum absolute atomic E-state index is 0.0731. The standard InChI is InChI=1S/C18H25N5O2/c1-11-6-7-14(10-16(11)17(24)23(4)5)20-18(25)19-12(2)8-15-9-13(3)21-22-15/h6-7,9-10,12H,8H2,1-5H3,(H,21,22)(H2,19,20,25)/t12-/m0/s1. The summed E-state index contributed by atoms with van der Waals surface area (Å²) in [6, 6.07) is 6.86. The van der Waals surface area contributed by atoms with Crippen molar-refractivity contribution in [3.8, 4) is 0 Å². The van der Waals surface area contributed by atoms with Crippen LogP contribution in [0.4, 0.5) is 10.5 Å². The van der Waals surface area contributed by atoms with Gasteiger partial charge in [0, 0.05) is 43.5 Å². The van der Waals surface area contributed by atoms with Crippen LogP contribution in [0.2, 0.25) is 0 Å². The molecule has 0 unspecified atom stereocenters. The Balaban J connectivity index is 1.98. The van der Waals surface area contributed by atoms with Crippen molar-refractivity contribution in [1.82, 2.24) is 20.4 Å². The van der Waals surface area contributed by atoms with Crippen LogP contribution in [-0.4, -0.2) is 47.2 Å². The Bertz CT molecular complexity index is 767.